The highest BCUT2D eigenvalue weighted by Gasteiger charge is 2.24. The lowest BCUT2D eigenvalue weighted by atomic mass is 10.2. The number of carbonyl (C=O) groups is 1. The summed E-state index contributed by atoms with van der Waals surface area (Å²) in [5.41, 5.74) is 6.53. The third-order valence-electron chi connectivity index (χ3n) is 2.85. The number of nitrogens with two attached hydrogens (primary N) is 1. The molecule has 0 aromatic carbocycles. The van der Waals surface area contributed by atoms with Crippen molar-refractivity contribution in [1.82, 2.24) is 5.32 Å². The van der Waals surface area contributed by atoms with E-state index in [4.69, 9.17) is 11.0 Å². The lowest BCUT2D eigenvalue weighted by Crippen LogP contribution is -2.22. The Morgan fingerprint density at radius 1 is 1.61 bits per heavy atom. The first-order valence-electron chi connectivity index (χ1n) is 6.01. The molecule has 0 spiro atoms. The van der Waals surface area contributed by atoms with Crippen LogP contribution in [0.25, 0.3) is 0 Å². The monoisotopic (exact) mass is 264 g/mol. The summed E-state index contributed by atoms with van der Waals surface area (Å²) in [4.78, 5) is 12.2. The lowest BCUT2D eigenvalue weighted by molar-refractivity contribution is 0.0960. The summed E-state index contributed by atoms with van der Waals surface area (Å²) in [7, 11) is 0. The van der Waals surface area contributed by atoms with E-state index in [1.165, 1.54) is 24.2 Å². The van der Waals surface area contributed by atoms with Gasteiger partial charge in [-0.15, -0.1) is 11.3 Å². The number of nitrogen functional groups attached to an aromatic ring is 1. The molecular formula is C12H16N4OS. The number of nitrogens with zero attached hydrogens (tertiary/aromatic N) is 1. The summed E-state index contributed by atoms with van der Waals surface area (Å²) in [6.45, 7) is 3.24. The summed E-state index contributed by atoms with van der Waals surface area (Å²) >= 11 is 1.26. The zero-order chi connectivity index (χ0) is 13.1. The first kappa shape index (κ1) is 12.7. The maximum atomic E-state index is 11.8. The number of amides is 1. The Labute approximate surface area is 110 Å². The van der Waals surface area contributed by atoms with Crippen LogP contribution in [0.5, 0.6) is 0 Å². The molecule has 1 fully saturated rings. The van der Waals surface area contributed by atoms with Gasteiger partial charge in [-0.2, -0.15) is 5.26 Å². The Bertz CT molecular complexity index is 499. The highest BCUT2D eigenvalue weighted by Crippen LogP contribution is 2.36. The fourth-order valence-corrected chi connectivity index (χ4v) is 2.64. The SMILES string of the molecule is CCNC(=O)c1sc(NCC2CC2)c(C#N)c1N. The third kappa shape index (κ3) is 2.57. The molecule has 0 aliphatic heterocycles. The van der Waals surface area contributed by atoms with Gasteiger partial charge in [0, 0.05) is 13.1 Å². The van der Waals surface area contributed by atoms with Gasteiger partial charge in [0.15, 0.2) is 0 Å². The van der Waals surface area contributed by atoms with E-state index in [2.05, 4.69) is 16.7 Å². The van der Waals surface area contributed by atoms with Crippen LogP contribution in [-0.4, -0.2) is 19.0 Å². The van der Waals surface area contributed by atoms with Crippen LogP contribution in [-0.2, 0) is 0 Å². The average Bonchev–Trinajstić information content (AvgIpc) is 3.11. The van der Waals surface area contributed by atoms with Crippen LogP contribution in [0.1, 0.15) is 35.0 Å². The molecule has 1 aromatic heterocycles. The molecule has 2 rings (SSSR count). The van der Waals surface area contributed by atoms with Gasteiger partial charge in [-0.1, -0.05) is 0 Å². The van der Waals surface area contributed by atoms with Crippen molar-refractivity contribution in [3.8, 4) is 6.07 Å². The van der Waals surface area contributed by atoms with Crippen LogP contribution in [0.3, 0.4) is 0 Å². The summed E-state index contributed by atoms with van der Waals surface area (Å²) < 4.78 is 0. The van der Waals surface area contributed by atoms with Crippen LogP contribution in [0, 0.1) is 17.2 Å². The first-order chi connectivity index (χ1) is 8.67. The Kier molecular flexibility index (Phi) is 3.72. The van der Waals surface area contributed by atoms with E-state index in [0.717, 1.165) is 6.54 Å². The molecule has 0 radical (unpaired) electrons. The fraction of sp³-hybridized carbons (Fsp3) is 0.500. The molecular weight excluding hydrogens is 248 g/mol. The van der Waals surface area contributed by atoms with Gasteiger partial charge in [0.1, 0.15) is 21.5 Å². The van der Waals surface area contributed by atoms with Crippen molar-refractivity contribution >= 4 is 27.9 Å². The van der Waals surface area contributed by atoms with Crippen LogP contribution in [0.15, 0.2) is 0 Å². The van der Waals surface area contributed by atoms with Gasteiger partial charge in [-0.05, 0) is 25.7 Å². The first-order valence-corrected chi connectivity index (χ1v) is 6.83. The van der Waals surface area contributed by atoms with E-state index in [1.54, 1.807) is 0 Å². The van der Waals surface area contributed by atoms with Gasteiger partial charge in [-0.3, -0.25) is 4.79 Å². The normalized spacial score (nSPS) is 14.0. The summed E-state index contributed by atoms with van der Waals surface area (Å²) in [5.74, 6) is 0.490. The Balaban J connectivity index is 2.20. The number of hydrogen-bond acceptors (Lipinski definition) is 5. The zero-order valence-corrected chi connectivity index (χ0v) is 11.1. The number of thiophene rings is 1. The van der Waals surface area contributed by atoms with Crippen LogP contribution < -0.4 is 16.4 Å². The van der Waals surface area contributed by atoms with Crippen molar-refractivity contribution in [1.29, 1.82) is 5.26 Å². The molecule has 6 heteroatoms. The lowest BCUT2D eigenvalue weighted by Gasteiger charge is -2.01. The van der Waals surface area contributed by atoms with E-state index in [-0.39, 0.29) is 11.6 Å². The molecule has 1 heterocycles. The molecule has 0 atom stereocenters. The molecule has 1 saturated carbocycles. The zero-order valence-electron chi connectivity index (χ0n) is 10.2. The van der Waals surface area contributed by atoms with Gasteiger partial charge >= 0.3 is 0 Å². The number of carbonyl (C=O) groups excluding carboxylic acids is 1. The number of anilines is 2. The molecule has 0 saturated heterocycles. The number of hydrogen-bond donors (Lipinski definition) is 3. The quantitative estimate of drug-likeness (QED) is 0.756. The molecule has 1 aliphatic rings. The number of nitrogens with one attached hydrogen (secondary N) is 2. The van der Waals surface area contributed by atoms with E-state index >= 15 is 0 Å². The van der Waals surface area contributed by atoms with Gasteiger partial charge < -0.3 is 16.4 Å². The minimum atomic E-state index is -0.212. The summed E-state index contributed by atoms with van der Waals surface area (Å²) in [6.07, 6.45) is 2.47. The second-order valence-corrected chi connectivity index (χ2v) is 5.37. The van der Waals surface area contributed by atoms with Gasteiger partial charge in [-0.25, -0.2) is 0 Å². The van der Waals surface area contributed by atoms with Crippen molar-refractivity contribution in [2.75, 3.05) is 24.1 Å². The average molecular weight is 264 g/mol. The molecule has 1 aromatic rings. The van der Waals surface area contributed by atoms with Crippen LogP contribution in [0.2, 0.25) is 0 Å². The van der Waals surface area contributed by atoms with Crippen molar-refractivity contribution in [3.63, 3.8) is 0 Å². The summed E-state index contributed by atoms with van der Waals surface area (Å²) in [5, 5.41) is 15.7. The molecule has 5 nitrogen and oxygen atoms in total. The van der Waals surface area contributed by atoms with Gasteiger partial charge in [0.25, 0.3) is 5.91 Å². The largest absolute Gasteiger partial charge is 0.396 e. The highest BCUT2D eigenvalue weighted by atomic mass is 32.1. The summed E-state index contributed by atoms with van der Waals surface area (Å²) in [6, 6.07) is 2.07. The maximum absolute atomic E-state index is 11.8. The molecule has 4 N–H and O–H groups in total. The molecule has 0 unspecified atom stereocenters. The second-order valence-electron chi connectivity index (χ2n) is 4.34. The molecule has 96 valence electrons. The topological polar surface area (TPSA) is 90.9 Å². The van der Waals surface area contributed by atoms with Crippen molar-refractivity contribution < 1.29 is 4.79 Å². The number of rotatable bonds is 5. The van der Waals surface area contributed by atoms with E-state index in [9.17, 15) is 4.79 Å². The minimum absolute atomic E-state index is 0.212. The van der Waals surface area contributed by atoms with Crippen molar-refractivity contribution in [3.05, 3.63) is 10.4 Å². The second kappa shape index (κ2) is 5.27. The van der Waals surface area contributed by atoms with E-state index in [0.29, 0.717) is 27.9 Å². The molecule has 1 amide bonds. The van der Waals surface area contributed by atoms with Crippen LogP contribution >= 0.6 is 11.3 Å². The standard InChI is InChI=1S/C12H16N4OS/c1-2-15-11(17)10-9(14)8(5-13)12(18-10)16-6-7-3-4-7/h7,16H,2-4,6,14H2,1H3,(H,15,17). The smallest absolute Gasteiger partial charge is 0.263 e. The molecule has 18 heavy (non-hydrogen) atoms. The Hall–Kier alpha value is -1.74. The van der Waals surface area contributed by atoms with E-state index < -0.39 is 0 Å². The van der Waals surface area contributed by atoms with Crippen LogP contribution in [0.4, 0.5) is 10.7 Å². The van der Waals surface area contributed by atoms with Gasteiger partial charge in [0.05, 0.1) is 5.69 Å². The predicted octanol–water partition coefficient (Wildman–Crippen LogP) is 1.77. The highest BCUT2D eigenvalue weighted by molar-refractivity contribution is 7.18. The van der Waals surface area contributed by atoms with E-state index in [1.807, 2.05) is 6.92 Å². The third-order valence-corrected chi connectivity index (χ3v) is 4.01. The minimum Gasteiger partial charge on any atom is -0.396 e. The molecule has 0 bridgehead atoms. The van der Waals surface area contributed by atoms with Crippen molar-refractivity contribution in [2.24, 2.45) is 5.92 Å². The fourth-order valence-electron chi connectivity index (χ4n) is 1.65. The Morgan fingerprint density at radius 2 is 2.33 bits per heavy atom. The Morgan fingerprint density at radius 3 is 2.89 bits per heavy atom. The van der Waals surface area contributed by atoms with Gasteiger partial charge in [0.2, 0.25) is 0 Å². The number of nitriles is 1. The molecule has 1 aliphatic carbocycles. The predicted molar refractivity (Wildman–Crippen MR) is 72.7 cm³/mol. The van der Waals surface area contributed by atoms with Crippen molar-refractivity contribution in [2.45, 2.75) is 19.8 Å². The maximum Gasteiger partial charge on any atom is 0.263 e.